The lowest BCUT2D eigenvalue weighted by molar-refractivity contribution is 0.466. The van der Waals surface area contributed by atoms with Gasteiger partial charge < -0.3 is 4.90 Å². The molecule has 0 radical (unpaired) electrons. The highest BCUT2D eigenvalue weighted by Gasteiger charge is 2.23. The van der Waals surface area contributed by atoms with Gasteiger partial charge in [-0.3, -0.25) is 0 Å². The first kappa shape index (κ1) is 12.5. The molecular weight excluding hydrogens is 252 g/mol. The highest BCUT2D eigenvalue weighted by molar-refractivity contribution is 9.10. The Morgan fingerprint density at radius 3 is 2.53 bits per heavy atom. The van der Waals surface area contributed by atoms with Crippen LogP contribution < -0.4 is 4.90 Å². The van der Waals surface area contributed by atoms with E-state index in [2.05, 4.69) is 66.6 Å². The Balaban J connectivity index is 3.06. The van der Waals surface area contributed by atoms with Gasteiger partial charge in [0.25, 0.3) is 0 Å². The lowest BCUT2D eigenvalue weighted by Crippen LogP contribution is -2.41. The SMILES string of the molecule is CCC(C)(C)N(C)c1ncc(Br)cc1C. The van der Waals surface area contributed by atoms with Gasteiger partial charge in [0.15, 0.2) is 0 Å². The molecule has 0 atom stereocenters. The maximum atomic E-state index is 4.47. The summed E-state index contributed by atoms with van der Waals surface area (Å²) in [6.45, 7) is 8.76. The molecule has 0 bridgehead atoms. The fraction of sp³-hybridized carbons (Fsp3) is 0.583. The summed E-state index contributed by atoms with van der Waals surface area (Å²) >= 11 is 3.43. The van der Waals surface area contributed by atoms with Crippen LogP contribution in [-0.2, 0) is 0 Å². The van der Waals surface area contributed by atoms with Crippen molar-refractivity contribution in [2.75, 3.05) is 11.9 Å². The van der Waals surface area contributed by atoms with E-state index in [4.69, 9.17) is 0 Å². The molecular formula is C12H19BrN2. The van der Waals surface area contributed by atoms with Crippen LogP contribution in [-0.4, -0.2) is 17.6 Å². The van der Waals surface area contributed by atoms with Crippen LogP contribution in [0.3, 0.4) is 0 Å². The maximum absolute atomic E-state index is 4.47. The summed E-state index contributed by atoms with van der Waals surface area (Å²) in [6.07, 6.45) is 2.95. The molecule has 1 rings (SSSR count). The van der Waals surface area contributed by atoms with E-state index in [1.165, 1.54) is 5.56 Å². The molecule has 0 spiro atoms. The van der Waals surface area contributed by atoms with Crippen LogP contribution in [0.1, 0.15) is 32.8 Å². The van der Waals surface area contributed by atoms with Crippen molar-refractivity contribution in [3.05, 3.63) is 22.3 Å². The highest BCUT2D eigenvalue weighted by Crippen LogP contribution is 2.27. The summed E-state index contributed by atoms with van der Waals surface area (Å²) in [6, 6.07) is 2.10. The minimum Gasteiger partial charge on any atom is -0.354 e. The van der Waals surface area contributed by atoms with Crippen molar-refractivity contribution in [3.63, 3.8) is 0 Å². The molecule has 1 aromatic heterocycles. The van der Waals surface area contributed by atoms with Crippen LogP contribution in [0.25, 0.3) is 0 Å². The van der Waals surface area contributed by atoms with Crippen LogP contribution in [0.2, 0.25) is 0 Å². The molecule has 0 unspecified atom stereocenters. The third-order valence-corrected chi connectivity index (χ3v) is 3.54. The van der Waals surface area contributed by atoms with Crippen molar-refractivity contribution >= 4 is 21.7 Å². The molecule has 0 aliphatic heterocycles. The topological polar surface area (TPSA) is 16.1 Å². The minimum atomic E-state index is 0.144. The average molecular weight is 271 g/mol. The smallest absolute Gasteiger partial charge is 0.131 e. The van der Waals surface area contributed by atoms with Gasteiger partial charge in [-0.15, -0.1) is 0 Å². The third-order valence-electron chi connectivity index (χ3n) is 3.11. The van der Waals surface area contributed by atoms with Crippen molar-refractivity contribution in [1.82, 2.24) is 4.98 Å². The van der Waals surface area contributed by atoms with Gasteiger partial charge >= 0.3 is 0 Å². The zero-order chi connectivity index (χ0) is 11.6. The number of hydrogen-bond donors (Lipinski definition) is 0. The zero-order valence-electron chi connectivity index (χ0n) is 10.1. The number of rotatable bonds is 3. The number of anilines is 1. The Morgan fingerprint density at radius 1 is 1.47 bits per heavy atom. The van der Waals surface area contributed by atoms with Gasteiger partial charge in [-0.05, 0) is 54.8 Å². The first-order chi connectivity index (χ1) is 6.88. The first-order valence-corrected chi connectivity index (χ1v) is 6.03. The van der Waals surface area contributed by atoms with E-state index in [9.17, 15) is 0 Å². The van der Waals surface area contributed by atoms with Crippen LogP contribution in [0, 0.1) is 6.92 Å². The van der Waals surface area contributed by atoms with E-state index in [-0.39, 0.29) is 5.54 Å². The van der Waals surface area contributed by atoms with E-state index >= 15 is 0 Å². The molecule has 0 saturated carbocycles. The summed E-state index contributed by atoms with van der Waals surface area (Å²) in [5, 5.41) is 0. The van der Waals surface area contributed by atoms with Gasteiger partial charge in [-0.2, -0.15) is 0 Å². The lowest BCUT2D eigenvalue weighted by Gasteiger charge is -2.36. The van der Waals surface area contributed by atoms with Crippen molar-refractivity contribution in [2.24, 2.45) is 0 Å². The Kier molecular flexibility index (Phi) is 3.77. The number of nitrogens with zero attached hydrogens (tertiary/aromatic N) is 2. The van der Waals surface area contributed by atoms with Crippen molar-refractivity contribution in [2.45, 2.75) is 39.7 Å². The second-order valence-corrected chi connectivity index (χ2v) is 5.43. The predicted octanol–water partition coefficient (Wildman–Crippen LogP) is 3.78. The molecule has 0 aromatic carbocycles. The standard InChI is InChI=1S/C12H19BrN2/c1-6-12(3,4)15(5)11-9(2)7-10(13)8-14-11/h7-8H,6H2,1-5H3. The second kappa shape index (κ2) is 4.52. The Morgan fingerprint density at radius 2 is 2.07 bits per heavy atom. The Bertz CT molecular complexity index is 347. The molecule has 0 aliphatic rings. The largest absolute Gasteiger partial charge is 0.354 e. The molecule has 0 N–H and O–H groups in total. The van der Waals surface area contributed by atoms with Crippen molar-refractivity contribution in [3.8, 4) is 0 Å². The highest BCUT2D eigenvalue weighted by atomic mass is 79.9. The summed E-state index contributed by atoms with van der Waals surface area (Å²) in [7, 11) is 2.10. The van der Waals surface area contributed by atoms with Crippen molar-refractivity contribution in [1.29, 1.82) is 0 Å². The van der Waals surface area contributed by atoms with E-state index in [1.807, 2.05) is 6.20 Å². The van der Waals surface area contributed by atoms with Gasteiger partial charge in [0.1, 0.15) is 5.82 Å². The number of aryl methyl sites for hydroxylation is 1. The lowest BCUT2D eigenvalue weighted by atomic mass is 9.99. The molecule has 3 heteroatoms. The summed E-state index contributed by atoms with van der Waals surface area (Å²) in [5.41, 5.74) is 1.35. The number of aromatic nitrogens is 1. The number of pyridine rings is 1. The van der Waals surface area contributed by atoms with Crippen LogP contribution in [0.15, 0.2) is 16.7 Å². The molecule has 1 heterocycles. The monoisotopic (exact) mass is 270 g/mol. The van der Waals surface area contributed by atoms with E-state index in [1.54, 1.807) is 0 Å². The molecule has 15 heavy (non-hydrogen) atoms. The first-order valence-electron chi connectivity index (χ1n) is 5.24. The number of halogens is 1. The maximum Gasteiger partial charge on any atom is 0.131 e. The molecule has 0 saturated heterocycles. The molecule has 0 amide bonds. The van der Waals surface area contributed by atoms with Crippen molar-refractivity contribution < 1.29 is 0 Å². The van der Waals surface area contributed by atoms with Crippen LogP contribution >= 0.6 is 15.9 Å². The van der Waals surface area contributed by atoms with Gasteiger partial charge in [0.05, 0.1) is 0 Å². The van der Waals surface area contributed by atoms with Gasteiger partial charge in [0.2, 0.25) is 0 Å². The molecule has 2 nitrogen and oxygen atoms in total. The van der Waals surface area contributed by atoms with Gasteiger partial charge in [0, 0.05) is 23.3 Å². The van der Waals surface area contributed by atoms with Crippen LogP contribution in [0.5, 0.6) is 0 Å². The third kappa shape index (κ3) is 2.71. The molecule has 1 aromatic rings. The summed E-state index contributed by atoms with van der Waals surface area (Å²) < 4.78 is 1.03. The molecule has 0 aliphatic carbocycles. The normalized spacial score (nSPS) is 11.6. The Hall–Kier alpha value is -0.570. The van der Waals surface area contributed by atoms with E-state index in [0.29, 0.717) is 0 Å². The fourth-order valence-electron chi connectivity index (χ4n) is 1.41. The average Bonchev–Trinajstić information content (AvgIpc) is 2.17. The van der Waals surface area contributed by atoms with E-state index in [0.717, 1.165) is 16.7 Å². The fourth-order valence-corrected chi connectivity index (χ4v) is 1.85. The molecule has 0 fully saturated rings. The molecule has 84 valence electrons. The summed E-state index contributed by atoms with van der Waals surface area (Å²) in [4.78, 5) is 6.72. The zero-order valence-corrected chi connectivity index (χ0v) is 11.7. The van der Waals surface area contributed by atoms with Gasteiger partial charge in [-0.1, -0.05) is 6.92 Å². The quantitative estimate of drug-likeness (QED) is 0.831. The van der Waals surface area contributed by atoms with Crippen LogP contribution in [0.4, 0.5) is 5.82 Å². The Labute approximate surface area is 101 Å². The van der Waals surface area contributed by atoms with E-state index < -0.39 is 0 Å². The second-order valence-electron chi connectivity index (χ2n) is 4.52. The van der Waals surface area contributed by atoms with Gasteiger partial charge in [-0.25, -0.2) is 4.98 Å². The summed E-state index contributed by atoms with van der Waals surface area (Å²) in [5.74, 6) is 1.06. The predicted molar refractivity (Wildman–Crippen MR) is 69.4 cm³/mol. The minimum absolute atomic E-state index is 0.144. The number of hydrogen-bond acceptors (Lipinski definition) is 2.